The smallest absolute Gasteiger partial charge is 0.345 e. The second-order valence-corrected chi connectivity index (χ2v) is 6.36. The van der Waals surface area contributed by atoms with E-state index in [4.69, 9.17) is 16.3 Å². The van der Waals surface area contributed by atoms with E-state index in [1.54, 1.807) is 12.1 Å². The van der Waals surface area contributed by atoms with E-state index in [1.807, 2.05) is 39.8 Å². The zero-order valence-electron chi connectivity index (χ0n) is 13.8. The monoisotopic (exact) mass is 332 g/mol. The third-order valence-electron chi connectivity index (χ3n) is 4.03. The highest BCUT2D eigenvalue weighted by molar-refractivity contribution is 6.30. The van der Waals surface area contributed by atoms with Crippen molar-refractivity contribution in [2.45, 2.75) is 40.2 Å². The molecule has 1 N–H and O–H groups in total. The van der Waals surface area contributed by atoms with Gasteiger partial charge in [0.2, 0.25) is 0 Å². The second-order valence-electron chi connectivity index (χ2n) is 5.92. The molecule has 2 rings (SSSR count). The summed E-state index contributed by atoms with van der Waals surface area (Å²) in [5, 5.41) is 10.1. The SMILES string of the molecule is Cc1cc(C)c(C)c(O[C@H](Cc2cc(Cl)ccc2C)C(=O)O)c1. The van der Waals surface area contributed by atoms with E-state index in [9.17, 15) is 9.90 Å². The number of carbonyl (C=O) groups is 1. The van der Waals surface area contributed by atoms with Gasteiger partial charge in [0.25, 0.3) is 0 Å². The van der Waals surface area contributed by atoms with Crippen molar-refractivity contribution in [1.82, 2.24) is 0 Å². The van der Waals surface area contributed by atoms with Crippen molar-refractivity contribution in [2.75, 3.05) is 0 Å². The number of ether oxygens (including phenoxy) is 1. The lowest BCUT2D eigenvalue weighted by molar-refractivity contribution is -0.145. The van der Waals surface area contributed by atoms with Crippen LogP contribution in [0.3, 0.4) is 0 Å². The maximum atomic E-state index is 11.6. The van der Waals surface area contributed by atoms with Gasteiger partial charge in [-0.3, -0.25) is 0 Å². The molecule has 0 aliphatic carbocycles. The van der Waals surface area contributed by atoms with Gasteiger partial charge in [-0.1, -0.05) is 23.7 Å². The lowest BCUT2D eigenvalue weighted by Crippen LogP contribution is -2.30. The van der Waals surface area contributed by atoms with Gasteiger partial charge >= 0.3 is 5.97 Å². The van der Waals surface area contributed by atoms with E-state index < -0.39 is 12.1 Å². The highest BCUT2D eigenvalue weighted by Crippen LogP contribution is 2.26. The lowest BCUT2D eigenvalue weighted by Gasteiger charge is -2.19. The molecule has 0 radical (unpaired) electrons. The number of aryl methyl sites for hydroxylation is 3. The van der Waals surface area contributed by atoms with E-state index in [0.717, 1.165) is 27.8 Å². The normalized spacial score (nSPS) is 12.0. The van der Waals surface area contributed by atoms with Gasteiger partial charge in [-0.05, 0) is 73.7 Å². The van der Waals surface area contributed by atoms with Crippen molar-refractivity contribution in [3.63, 3.8) is 0 Å². The highest BCUT2D eigenvalue weighted by Gasteiger charge is 2.22. The average molecular weight is 333 g/mol. The molecule has 23 heavy (non-hydrogen) atoms. The Bertz CT molecular complexity index is 738. The van der Waals surface area contributed by atoms with Gasteiger partial charge in [0, 0.05) is 11.4 Å². The van der Waals surface area contributed by atoms with E-state index in [1.165, 1.54) is 0 Å². The Labute approximate surface area is 141 Å². The van der Waals surface area contributed by atoms with Gasteiger partial charge in [-0.25, -0.2) is 4.79 Å². The minimum Gasteiger partial charge on any atom is -0.478 e. The molecular weight excluding hydrogens is 312 g/mol. The largest absolute Gasteiger partial charge is 0.478 e. The van der Waals surface area contributed by atoms with Crippen molar-refractivity contribution in [3.8, 4) is 5.75 Å². The van der Waals surface area contributed by atoms with Gasteiger partial charge < -0.3 is 9.84 Å². The summed E-state index contributed by atoms with van der Waals surface area (Å²) in [6.45, 7) is 7.84. The highest BCUT2D eigenvalue weighted by atomic mass is 35.5. The molecule has 2 aromatic rings. The number of carboxylic acid groups (broad SMARTS) is 1. The summed E-state index contributed by atoms with van der Waals surface area (Å²) in [6.07, 6.45) is -0.680. The molecule has 0 heterocycles. The number of hydrogen-bond acceptors (Lipinski definition) is 2. The van der Waals surface area contributed by atoms with Gasteiger partial charge in [-0.15, -0.1) is 0 Å². The molecule has 3 nitrogen and oxygen atoms in total. The number of rotatable bonds is 5. The third kappa shape index (κ3) is 4.26. The van der Waals surface area contributed by atoms with Crippen LogP contribution in [0.15, 0.2) is 30.3 Å². The average Bonchev–Trinajstić information content (AvgIpc) is 2.46. The first-order chi connectivity index (χ1) is 10.8. The molecule has 0 saturated heterocycles. The van der Waals surface area contributed by atoms with E-state index in [2.05, 4.69) is 6.07 Å². The Kier molecular flexibility index (Phi) is 5.32. The standard InChI is InChI=1S/C19H21ClO3/c1-11-7-13(3)14(4)17(8-11)23-18(19(21)22)10-15-9-16(20)6-5-12(15)2/h5-9,18H,10H2,1-4H3,(H,21,22)/t18-/m1/s1. The number of halogens is 1. The van der Waals surface area contributed by atoms with Crippen molar-refractivity contribution in [1.29, 1.82) is 0 Å². The molecular formula is C19H21ClO3. The molecule has 1 atom stereocenters. The van der Waals surface area contributed by atoms with Gasteiger partial charge in [0.1, 0.15) is 5.75 Å². The van der Waals surface area contributed by atoms with Crippen LogP contribution in [0.5, 0.6) is 5.75 Å². The number of carboxylic acids is 1. The van der Waals surface area contributed by atoms with Crippen LogP contribution in [-0.4, -0.2) is 17.2 Å². The zero-order chi connectivity index (χ0) is 17.1. The molecule has 0 fully saturated rings. The van der Waals surface area contributed by atoms with E-state index in [-0.39, 0.29) is 6.42 Å². The predicted octanol–water partition coefficient (Wildman–Crippen LogP) is 4.65. The van der Waals surface area contributed by atoms with Crippen molar-refractivity contribution >= 4 is 17.6 Å². The van der Waals surface area contributed by atoms with Crippen molar-refractivity contribution in [3.05, 3.63) is 63.2 Å². The van der Waals surface area contributed by atoms with Gasteiger partial charge in [-0.2, -0.15) is 0 Å². The molecule has 4 heteroatoms. The molecule has 2 aromatic carbocycles. The summed E-state index contributed by atoms with van der Waals surface area (Å²) >= 11 is 6.02. The summed E-state index contributed by atoms with van der Waals surface area (Å²) in [5.41, 5.74) is 4.98. The fourth-order valence-electron chi connectivity index (χ4n) is 2.52. The Morgan fingerprint density at radius 3 is 2.48 bits per heavy atom. The van der Waals surface area contributed by atoms with Crippen LogP contribution in [0.2, 0.25) is 5.02 Å². The molecule has 0 aliphatic heterocycles. The molecule has 0 amide bonds. The first-order valence-corrected chi connectivity index (χ1v) is 7.88. The number of aliphatic carboxylic acids is 1. The lowest BCUT2D eigenvalue weighted by atomic mass is 10.0. The molecule has 0 aromatic heterocycles. The zero-order valence-corrected chi connectivity index (χ0v) is 14.6. The van der Waals surface area contributed by atoms with Crippen LogP contribution < -0.4 is 4.74 Å². The predicted molar refractivity (Wildman–Crippen MR) is 92.6 cm³/mol. The summed E-state index contributed by atoms with van der Waals surface area (Å²) < 4.78 is 5.82. The van der Waals surface area contributed by atoms with Crippen molar-refractivity contribution in [2.24, 2.45) is 0 Å². The summed E-state index contributed by atoms with van der Waals surface area (Å²) in [5.74, 6) is -0.363. The first kappa shape index (κ1) is 17.4. The number of benzene rings is 2. The maximum absolute atomic E-state index is 11.6. The Balaban J connectivity index is 2.30. The minimum atomic E-state index is -0.983. The summed E-state index contributed by atoms with van der Waals surface area (Å²) in [7, 11) is 0. The van der Waals surface area contributed by atoms with Crippen LogP contribution in [0.4, 0.5) is 0 Å². The topological polar surface area (TPSA) is 46.5 Å². The Morgan fingerprint density at radius 1 is 1.13 bits per heavy atom. The Hall–Kier alpha value is -2.00. The third-order valence-corrected chi connectivity index (χ3v) is 4.26. The van der Waals surface area contributed by atoms with Crippen LogP contribution in [0.25, 0.3) is 0 Å². The van der Waals surface area contributed by atoms with Gasteiger partial charge in [0.15, 0.2) is 6.10 Å². The molecule has 0 unspecified atom stereocenters. The van der Waals surface area contributed by atoms with Crippen LogP contribution in [-0.2, 0) is 11.2 Å². The Morgan fingerprint density at radius 2 is 1.83 bits per heavy atom. The fraction of sp³-hybridized carbons (Fsp3) is 0.316. The maximum Gasteiger partial charge on any atom is 0.345 e. The molecule has 0 aliphatic rings. The van der Waals surface area contributed by atoms with Crippen LogP contribution >= 0.6 is 11.6 Å². The number of hydrogen-bond donors (Lipinski definition) is 1. The van der Waals surface area contributed by atoms with Gasteiger partial charge in [0.05, 0.1) is 0 Å². The first-order valence-electron chi connectivity index (χ1n) is 7.50. The van der Waals surface area contributed by atoms with E-state index in [0.29, 0.717) is 10.8 Å². The minimum absolute atomic E-state index is 0.272. The van der Waals surface area contributed by atoms with Crippen LogP contribution in [0, 0.1) is 27.7 Å². The molecule has 0 spiro atoms. The summed E-state index contributed by atoms with van der Waals surface area (Å²) in [4.78, 5) is 11.6. The quantitative estimate of drug-likeness (QED) is 0.867. The van der Waals surface area contributed by atoms with Crippen LogP contribution in [0.1, 0.15) is 27.8 Å². The van der Waals surface area contributed by atoms with Crippen molar-refractivity contribution < 1.29 is 14.6 Å². The van der Waals surface area contributed by atoms with E-state index >= 15 is 0 Å². The molecule has 0 bridgehead atoms. The fourth-order valence-corrected chi connectivity index (χ4v) is 2.71. The summed E-state index contributed by atoms with van der Waals surface area (Å²) in [6, 6.07) is 9.41. The molecule has 0 saturated carbocycles. The molecule has 122 valence electrons. The second kappa shape index (κ2) is 7.05.